The molecule has 2 heteroatoms. The van der Waals surface area contributed by atoms with Gasteiger partial charge in [-0.2, -0.15) is 0 Å². The van der Waals surface area contributed by atoms with E-state index in [0.717, 1.165) is 6.04 Å². The van der Waals surface area contributed by atoms with Gasteiger partial charge in [0.15, 0.2) is 0 Å². The van der Waals surface area contributed by atoms with Gasteiger partial charge in [-0.1, -0.05) is 47.0 Å². The van der Waals surface area contributed by atoms with Gasteiger partial charge in [0, 0.05) is 30.7 Å². The Bertz CT molecular complexity index is 286. The summed E-state index contributed by atoms with van der Waals surface area (Å²) in [5.41, 5.74) is 0.831. The predicted molar refractivity (Wildman–Crippen MR) is 83.5 cm³/mol. The lowest BCUT2D eigenvalue weighted by atomic mass is 9.74. The first kappa shape index (κ1) is 15.3. The Hall–Kier alpha value is -0.0800. The molecule has 1 saturated heterocycles. The van der Waals surface area contributed by atoms with E-state index in [0.29, 0.717) is 17.0 Å². The first-order valence-corrected chi connectivity index (χ1v) is 8.39. The molecule has 1 heterocycles. The van der Waals surface area contributed by atoms with Crippen molar-refractivity contribution in [2.24, 2.45) is 5.41 Å². The van der Waals surface area contributed by atoms with E-state index >= 15 is 0 Å². The molecule has 1 saturated carbocycles. The first-order chi connectivity index (χ1) is 8.89. The highest BCUT2D eigenvalue weighted by Crippen LogP contribution is 2.39. The fourth-order valence-electron chi connectivity index (χ4n) is 3.99. The Morgan fingerprint density at radius 2 is 1.84 bits per heavy atom. The van der Waals surface area contributed by atoms with Crippen LogP contribution in [-0.4, -0.2) is 35.6 Å². The number of nitrogens with zero attached hydrogens (tertiary/aromatic N) is 1. The van der Waals surface area contributed by atoms with Crippen molar-refractivity contribution < 1.29 is 0 Å². The fraction of sp³-hybridized carbons (Fsp3) is 1.00. The molecule has 0 aromatic carbocycles. The van der Waals surface area contributed by atoms with Crippen LogP contribution in [-0.2, 0) is 0 Å². The minimum Gasteiger partial charge on any atom is -0.310 e. The summed E-state index contributed by atoms with van der Waals surface area (Å²) in [4.78, 5) is 2.87. The molecular weight excluding hydrogens is 232 g/mol. The predicted octanol–water partition coefficient (Wildman–Crippen LogP) is 3.81. The second-order valence-electron chi connectivity index (χ2n) is 7.99. The zero-order valence-electron chi connectivity index (χ0n) is 13.8. The quantitative estimate of drug-likeness (QED) is 0.817. The standard InChI is InChI=1S/C17H34N2/c1-6-14(2)19-12-15(16(3,4)5)18-13-17(19)10-8-7-9-11-17/h14-15,18H,6-13H2,1-5H3. The molecule has 0 radical (unpaired) electrons. The Labute approximate surface area is 120 Å². The van der Waals surface area contributed by atoms with Crippen LogP contribution in [0.15, 0.2) is 0 Å². The zero-order chi connectivity index (χ0) is 14.1. The topological polar surface area (TPSA) is 15.3 Å². The highest BCUT2D eigenvalue weighted by atomic mass is 15.3. The van der Waals surface area contributed by atoms with Crippen LogP contribution in [0.4, 0.5) is 0 Å². The van der Waals surface area contributed by atoms with Gasteiger partial charge in [0.1, 0.15) is 0 Å². The summed E-state index contributed by atoms with van der Waals surface area (Å²) in [5, 5.41) is 3.89. The summed E-state index contributed by atoms with van der Waals surface area (Å²) in [5.74, 6) is 0. The number of nitrogens with one attached hydrogen (secondary N) is 1. The molecule has 2 fully saturated rings. The Balaban J connectivity index is 2.16. The van der Waals surface area contributed by atoms with Crippen LogP contribution in [0.2, 0.25) is 0 Å². The van der Waals surface area contributed by atoms with E-state index in [2.05, 4.69) is 44.8 Å². The Morgan fingerprint density at radius 1 is 1.21 bits per heavy atom. The molecule has 112 valence electrons. The van der Waals surface area contributed by atoms with Gasteiger partial charge in [0.2, 0.25) is 0 Å². The van der Waals surface area contributed by atoms with Gasteiger partial charge in [0.25, 0.3) is 0 Å². The summed E-state index contributed by atoms with van der Waals surface area (Å²) >= 11 is 0. The van der Waals surface area contributed by atoms with Crippen LogP contribution in [0, 0.1) is 5.41 Å². The summed E-state index contributed by atoms with van der Waals surface area (Å²) in [6.07, 6.45) is 8.38. The second kappa shape index (κ2) is 5.73. The molecule has 1 aliphatic carbocycles. The van der Waals surface area contributed by atoms with Gasteiger partial charge in [-0.25, -0.2) is 0 Å². The van der Waals surface area contributed by atoms with Crippen molar-refractivity contribution in [1.29, 1.82) is 0 Å². The lowest BCUT2D eigenvalue weighted by Gasteiger charge is -2.56. The minimum atomic E-state index is 0.363. The van der Waals surface area contributed by atoms with Crippen molar-refractivity contribution in [3.63, 3.8) is 0 Å². The van der Waals surface area contributed by atoms with Crippen LogP contribution < -0.4 is 5.32 Å². The smallest absolute Gasteiger partial charge is 0.0337 e. The SMILES string of the molecule is CCC(C)N1CC(C(C)(C)C)NCC12CCCCC2. The molecule has 2 rings (SSSR count). The highest BCUT2D eigenvalue weighted by Gasteiger charge is 2.45. The normalized spacial score (nSPS) is 30.5. The van der Waals surface area contributed by atoms with Crippen LogP contribution in [0.3, 0.4) is 0 Å². The van der Waals surface area contributed by atoms with Crippen molar-refractivity contribution in [1.82, 2.24) is 10.2 Å². The number of rotatable bonds is 2. The van der Waals surface area contributed by atoms with E-state index in [4.69, 9.17) is 0 Å². The molecule has 2 unspecified atom stereocenters. The second-order valence-corrected chi connectivity index (χ2v) is 7.99. The van der Waals surface area contributed by atoms with Crippen molar-refractivity contribution >= 4 is 0 Å². The largest absolute Gasteiger partial charge is 0.310 e. The van der Waals surface area contributed by atoms with Crippen molar-refractivity contribution in [2.75, 3.05) is 13.1 Å². The van der Waals surface area contributed by atoms with Gasteiger partial charge in [-0.15, -0.1) is 0 Å². The van der Waals surface area contributed by atoms with Crippen LogP contribution in [0.25, 0.3) is 0 Å². The number of piperazine rings is 1. The Morgan fingerprint density at radius 3 is 2.37 bits per heavy atom. The van der Waals surface area contributed by atoms with E-state index in [-0.39, 0.29) is 0 Å². The maximum atomic E-state index is 3.89. The molecular formula is C17H34N2. The number of hydrogen-bond acceptors (Lipinski definition) is 2. The van der Waals surface area contributed by atoms with Crippen molar-refractivity contribution in [2.45, 2.75) is 90.8 Å². The third-order valence-electron chi connectivity index (χ3n) is 5.62. The highest BCUT2D eigenvalue weighted by molar-refractivity contribution is 5.03. The van der Waals surface area contributed by atoms with Gasteiger partial charge in [-0.05, 0) is 31.6 Å². The number of hydrogen-bond donors (Lipinski definition) is 1. The van der Waals surface area contributed by atoms with Crippen molar-refractivity contribution in [3.8, 4) is 0 Å². The molecule has 2 aliphatic rings. The van der Waals surface area contributed by atoms with Gasteiger partial charge in [-0.3, -0.25) is 4.90 Å². The lowest BCUT2D eigenvalue weighted by molar-refractivity contribution is -0.0355. The summed E-state index contributed by atoms with van der Waals surface area (Å²) in [6, 6.07) is 1.36. The van der Waals surface area contributed by atoms with Crippen molar-refractivity contribution in [3.05, 3.63) is 0 Å². The molecule has 0 aromatic heterocycles. The van der Waals surface area contributed by atoms with E-state index in [1.54, 1.807) is 0 Å². The van der Waals surface area contributed by atoms with Crippen LogP contribution in [0.5, 0.6) is 0 Å². The maximum Gasteiger partial charge on any atom is 0.0337 e. The first-order valence-electron chi connectivity index (χ1n) is 8.39. The lowest BCUT2D eigenvalue weighted by Crippen LogP contribution is -2.69. The van der Waals surface area contributed by atoms with Gasteiger partial charge in [0.05, 0.1) is 0 Å². The third-order valence-corrected chi connectivity index (χ3v) is 5.62. The molecule has 1 aliphatic heterocycles. The summed E-state index contributed by atoms with van der Waals surface area (Å²) in [6.45, 7) is 14.3. The fourth-order valence-corrected chi connectivity index (χ4v) is 3.99. The molecule has 1 N–H and O–H groups in total. The minimum absolute atomic E-state index is 0.363. The van der Waals surface area contributed by atoms with E-state index in [1.807, 2.05) is 0 Å². The average molecular weight is 266 g/mol. The van der Waals surface area contributed by atoms with Gasteiger partial charge < -0.3 is 5.32 Å². The molecule has 0 aromatic rings. The molecule has 0 bridgehead atoms. The summed E-state index contributed by atoms with van der Waals surface area (Å²) in [7, 11) is 0. The summed E-state index contributed by atoms with van der Waals surface area (Å²) < 4.78 is 0. The molecule has 19 heavy (non-hydrogen) atoms. The Kier molecular flexibility index (Phi) is 4.62. The average Bonchev–Trinajstić information content (AvgIpc) is 2.38. The van der Waals surface area contributed by atoms with E-state index in [1.165, 1.54) is 51.6 Å². The van der Waals surface area contributed by atoms with E-state index < -0.39 is 0 Å². The van der Waals surface area contributed by atoms with Gasteiger partial charge >= 0.3 is 0 Å². The van der Waals surface area contributed by atoms with Crippen LogP contribution >= 0.6 is 0 Å². The zero-order valence-corrected chi connectivity index (χ0v) is 13.8. The molecule has 2 nitrogen and oxygen atoms in total. The van der Waals surface area contributed by atoms with Crippen LogP contribution in [0.1, 0.15) is 73.1 Å². The van der Waals surface area contributed by atoms with E-state index in [9.17, 15) is 0 Å². The molecule has 1 spiro atoms. The monoisotopic (exact) mass is 266 g/mol. The molecule has 0 amide bonds. The maximum absolute atomic E-state index is 3.89. The molecule has 2 atom stereocenters. The third kappa shape index (κ3) is 3.16.